The predicted octanol–water partition coefficient (Wildman–Crippen LogP) is 1.23. The first-order valence-corrected chi connectivity index (χ1v) is 5.90. The fraction of sp³-hybridized carbons (Fsp3) is 0.917. The van der Waals surface area contributed by atoms with E-state index in [1.807, 2.05) is 13.8 Å². The standard InChI is InChI=1S/C12H21NO3/c1-10(2)12(9(14)15-3)6-4-11(8-13,16-10)5-7-12/h4-8,13H2,1-3H3. The van der Waals surface area contributed by atoms with Gasteiger partial charge in [-0.2, -0.15) is 0 Å². The maximum absolute atomic E-state index is 12.0. The molecule has 4 heteroatoms. The number of nitrogens with two attached hydrogens (primary N) is 1. The topological polar surface area (TPSA) is 61.5 Å². The Labute approximate surface area is 96.5 Å². The van der Waals surface area contributed by atoms with Crippen molar-refractivity contribution < 1.29 is 14.3 Å². The smallest absolute Gasteiger partial charge is 0.314 e. The molecule has 0 spiro atoms. The van der Waals surface area contributed by atoms with Gasteiger partial charge >= 0.3 is 5.97 Å². The van der Waals surface area contributed by atoms with Crippen molar-refractivity contribution in [3.8, 4) is 0 Å². The third-order valence-corrected chi connectivity index (χ3v) is 4.59. The van der Waals surface area contributed by atoms with Crippen LogP contribution >= 0.6 is 0 Å². The molecule has 2 aliphatic heterocycles. The number of esters is 1. The fourth-order valence-electron chi connectivity index (χ4n) is 3.37. The minimum atomic E-state index is -0.476. The van der Waals surface area contributed by atoms with Crippen molar-refractivity contribution in [3.63, 3.8) is 0 Å². The van der Waals surface area contributed by atoms with Crippen molar-refractivity contribution in [2.45, 2.75) is 50.7 Å². The number of fused-ring (bicyclic) bond motifs is 3. The number of methoxy groups -OCH3 is 1. The molecule has 3 aliphatic rings. The summed E-state index contributed by atoms with van der Waals surface area (Å²) in [4.78, 5) is 12.0. The van der Waals surface area contributed by atoms with E-state index in [9.17, 15) is 4.79 Å². The van der Waals surface area contributed by atoms with E-state index in [0.29, 0.717) is 6.54 Å². The minimum absolute atomic E-state index is 0.136. The lowest BCUT2D eigenvalue weighted by atomic mass is 9.57. The first-order valence-electron chi connectivity index (χ1n) is 5.90. The van der Waals surface area contributed by atoms with Crippen LogP contribution in [0.1, 0.15) is 39.5 Å². The normalized spacial score (nSPS) is 40.8. The highest BCUT2D eigenvalue weighted by molar-refractivity contribution is 5.79. The Hall–Kier alpha value is -0.610. The fourth-order valence-corrected chi connectivity index (χ4v) is 3.37. The van der Waals surface area contributed by atoms with Gasteiger partial charge in [-0.25, -0.2) is 0 Å². The van der Waals surface area contributed by atoms with E-state index < -0.39 is 11.0 Å². The summed E-state index contributed by atoms with van der Waals surface area (Å²) < 4.78 is 11.1. The molecule has 0 amide bonds. The Morgan fingerprint density at radius 3 is 2.25 bits per heavy atom. The molecule has 16 heavy (non-hydrogen) atoms. The lowest BCUT2D eigenvalue weighted by molar-refractivity contribution is -0.273. The molecule has 2 bridgehead atoms. The number of hydrogen-bond donors (Lipinski definition) is 1. The van der Waals surface area contributed by atoms with E-state index in [4.69, 9.17) is 15.2 Å². The molecule has 0 atom stereocenters. The van der Waals surface area contributed by atoms with Gasteiger partial charge in [0, 0.05) is 6.54 Å². The van der Waals surface area contributed by atoms with Crippen molar-refractivity contribution >= 4 is 5.97 Å². The minimum Gasteiger partial charge on any atom is -0.469 e. The van der Waals surface area contributed by atoms with E-state index in [-0.39, 0.29) is 11.6 Å². The Bertz CT molecular complexity index is 303. The molecule has 0 unspecified atom stereocenters. The molecule has 0 aromatic carbocycles. The zero-order chi connectivity index (χ0) is 12.0. The maximum atomic E-state index is 12.0. The molecule has 2 N–H and O–H groups in total. The number of rotatable bonds is 2. The van der Waals surface area contributed by atoms with Gasteiger partial charge in [-0.05, 0) is 39.5 Å². The van der Waals surface area contributed by atoms with Gasteiger partial charge in [0.05, 0.1) is 23.7 Å². The zero-order valence-electron chi connectivity index (χ0n) is 10.3. The first-order chi connectivity index (χ1) is 7.41. The second kappa shape index (κ2) is 3.44. The Kier molecular flexibility index (Phi) is 2.55. The molecule has 4 nitrogen and oxygen atoms in total. The van der Waals surface area contributed by atoms with Crippen LogP contribution in [0.2, 0.25) is 0 Å². The summed E-state index contributed by atoms with van der Waals surface area (Å²) in [6.45, 7) is 4.49. The second-order valence-corrected chi connectivity index (χ2v) is 5.57. The third-order valence-electron chi connectivity index (χ3n) is 4.59. The van der Waals surface area contributed by atoms with E-state index in [1.54, 1.807) is 0 Å². The molecule has 92 valence electrons. The molecule has 3 rings (SSSR count). The molecule has 2 saturated heterocycles. The Balaban J connectivity index is 2.34. The summed E-state index contributed by atoms with van der Waals surface area (Å²) >= 11 is 0. The van der Waals surface area contributed by atoms with Crippen LogP contribution in [0.5, 0.6) is 0 Å². The van der Waals surface area contributed by atoms with Gasteiger partial charge in [0.1, 0.15) is 0 Å². The average Bonchev–Trinajstić information content (AvgIpc) is 2.28. The van der Waals surface area contributed by atoms with Crippen LogP contribution in [-0.2, 0) is 14.3 Å². The molecular weight excluding hydrogens is 206 g/mol. The van der Waals surface area contributed by atoms with Gasteiger partial charge < -0.3 is 15.2 Å². The van der Waals surface area contributed by atoms with Crippen molar-refractivity contribution in [1.29, 1.82) is 0 Å². The SMILES string of the molecule is COC(=O)C12CCC(CN)(CC1)OC2(C)C. The lowest BCUT2D eigenvalue weighted by Crippen LogP contribution is -2.66. The van der Waals surface area contributed by atoms with Gasteiger partial charge in [0.2, 0.25) is 0 Å². The first kappa shape index (κ1) is 11.9. The monoisotopic (exact) mass is 227 g/mol. The van der Waals surface area contributed by atoms with Crippen LogP contribution in [-0.4, -0.2) is 30.8 Å². The summed E-state index contributed by atoms with van der Waals surface area (Å²) in [5.74, 6) is -0.136. The number of carbonyl (C=O) groups is 1. The number of hydrogen-bond acceptors (Lipinski definition) is 4. The highest BCUT2D eigenvalue weighted by Gasteiger charge is 2.63. The quantitative estimate of drug-likeness (QED) is 0.721. The lowest BCUT2D eigenvalue weighted by Gasteiger charge is -2.60. The van der Waals surface area contributed by atoms with Crippen LogP contribution in [0.4, 0.5) is 0 Å². The summed E-state index contributed by atoms with van der Waals surface area (Å²) in [5.41, 5.74) is 4.65. The molecule has 3 fully saturated rings. The summed E-state index contributed by atoms with van der Waals surface area (Å²) in [5, 5.41) is 0. The molecule has 0 radical (unpaired) electrons. The van der Waals surface area contributed by atoms with E-state index >= 15 is 0 Å². The average molecular weight is 227 g/mol. The van der Waals surface area contributed by atoms with Crippen LogP contribution < -0.4 is 5.73 Å². The third kappa shape index (κ3) is 1.32. The van der Waals surface area contributed by atoms with E-state index in [0.717, 1.165) is 25.7 Å². The molecule has 0 aromatic rings. The Morgan fingerprint density at radius 2 is 1.88 bits per heavy atom. The van der Waals surface area contributed by atoms with E-state index in [2.05, 4.69) is 0 Å². The second-order valence-electron chi connectivity index (χ2n) is 5.57. The van der Waals surface area contributed by atoms with Gasteiger partial charge in [-0.1, -0.05) is 0 Å². The van der Waals surface area contributed by atoms with Gasteiger partial charge in [-0.15, -0.1) is 0 Å². The highest BCUT2D eigenvalue weighted by atomic mass is 16.5. The largest absolute Gasteiger partial charge is 0.469 e. The molecule has 2 heterocycles. The van der Waals surface area contributed by atoms with Crippen molar-refractivity contribution in [2.24, 2.45) is 11.1 Å². The van der Waals surface area contributed by atoms with Crippen LogP contribution in [0.3, 0.4) is 0 Å². The number of ether oxygens (including phenoxy) is 2. The summed E-state index contributed by atoms with van der Waals surface area (Å²) in [6, 6.07) is 0. The number of carbonyl (C=O) groups excluding carboxylic acids is 1. The molecule has 1 saturated carbocycles. The van der Waals surface area contributed by atoms with Crippen LogP contribution in [0.25, 0.3) is 0 Å². The maximum Gasteiger partial charge on any atom is 0.314 e. The highest BCUT2D eigenvalue weighted by Crippen LogP contribution is 2.57. The molecule has 1 aliphatic carbocycles. The van der Waals surface area contributed by atoms with Crippen LogP contribution in [0.15, 0.2) is 0 Å². The van der Waals surface area contributed by atoms with Gasteiger partial charge in [0.25, 0.3) is 0 Å². The Morgan fingerprint density at radius 1 is 1.31 bits per heavy atom. The van der Waals surface area contributed by atoms with Gasteiger partial charge in [-0.3, -0.25) is 4.79 Å². The zero-order valence-corrected chi connectivity index (χ0v) is 10.3. The van der Waals surface area contributed by atoms with Crippen molar-refractivity contribution in [1.82, 2.24) is 0 Å². The van der Waals surface area contributed by atoms with E-state index in [1.165, 1.54) is 7.11 Å². The molecular formula is C12H21NO3. The van der Waals surface area contributed by atoms with Gasteiger partial charge in [0.15, 0.2) is 0 Å². The van der Waals surface area contributed by atoms with Crippen molar-refractivity contribution in [2.75, 3.05) is 13.7 Å². The predicted molar refractivity (Wildman–Crippen MR) is 59.9 cm³/mol. The summed E-state index contributed by atoms with van der Waals surface area (Å²) in [7, 11) is 1.45. The summed E-state index contributed by atoms with van der Waals surface area (Å²) in [6.07, 6.45) is 3.37. The van der Waals surface area contributed by atoms with Crippen LogP contribution in [0, 0.1) is 5.41 Å². The molecule has 0 aromatic heterocycles. The van der Waals surface area contributed by atoms with Crippen molar-refractivity contribution in [3.05, 3.63) is 0 Å².